The highest BCUT2D eigenvalue weighted by atomic mass is 127. The second-order valence-corrected chi connectivity index (χ2v) is 12.4. The van der Waals surface area contributed by atoms with Gasteiger partial charge in [-0.05, 0) is 123 Å². The van der Waals surface area contributed by atoms with Gasteiger partial charge in [0.05, 0.1) is 26.4 Å². The van der Waals surface area contributed by atoms with Crippen molar-refractivity contribution in [1.82, 2.24) is 0 Å². The second kappa shape index (κ2) is 21.2. The quantitative estimate of drug-likeness (QED) is 0.0756. The van der Waals surface area contributed by atoms with Crippen molar-refractivity contribution in [1.29, 1.82) is 0 Å². The zero-order chi connectivity index (χ0) is 29.8. The van der Waals surface area contributed by atoms with Crippen LogP contribution in [0.15, 0.2) is 54.1 Å². The maximum atomic E-state index is 12.1. The van der Waals surface area contributed by atoms with Crippen molar-refractivity contribution in [3.63, 3.8) is 0 Å². The average Bonchev–Trinajstić information content (AvgIpc) is 2.91. The summed E-state index contributed by atoms with van der Waals surface area (Å²) in [4.78, 5) is 32.8. The predicted molar refractivity (Wildman–Crippen MR) is 171 cm³/mol. The number of esters is 2. The van der Waals surface area contributed by atoms with Crippen LogP contribution in [0.3, 0.4) is 0 Å². The highest BCUT2D eigenvalue weighted by Crippen LogP contribution is 2.53. The Bertz CT molecular complexity index is 1080. The standard InChI is InChI=1S/C12H13IO2.C9H19O5P.C7H5IO/c1-3-15-12(14)9(2)8-10-4-6-11(13)7-5-10;1-5-12-9(10)8(4)15(11,13-6-2)14-7-3;8-7-3-1-6(5-9)2-4-7/h4-8H,3H2,1-2H3;8H,5-7H2,1-4H3;1-5H/b9-8+;;. The van der Waals surface area contributed by atoms with Crippen molar-refractivity contribution in [2.75, 3.05) is 26.4 Å². The van der Waals surface area contributed by atoms with Gasteiger partial charge in [0.2, 0.25) is 0 Å². The maximum Gasteiger partial charge on any atom is 0.344 e. The van der Waals surface area contributed by atoms with Crippen LogP contribution in [0.5, 0.6) is 0 Å². The van der Waals surface area contributed by atoms with Crippen molar-refractivity contribution >= 4 is 77.1 Å². The van der Waals surface area contributed by atoms with Gasteiger partial charge in [0, 0.05) is 18.3 Å². The molecule has 0 bridgehead atoms. The summed E-state index contributed by atoms with van der Waals surface area (Å²) in [5.41, 5.74) is 1.49. The number of aldehydes is 1. The summed E-state index contributed by atoms with van der Waals surface area (Å²) >= 11 is 4.44. The topological polar surface area (TPSA) is 105 Å². The highest BCUT2D eigenvalue weighted by Gasteiger charge is 2.38. The van der Waals surface area contributed by atoms with Gasteiger partial charge in [0.1, 0.15) is 6.29 Å². The first kappa shape index (κ1) is 37.4. The number of rotatable bonds is 11. The lowest BCUT2D eigenvalue weighted by Gasteiger charge is -2.21. The first-order valence-corrected chi connectivity index (χ1v) is 16.1. The largest absolute Gasteiger partial charge is 0.465 e. The zero-order valence-electron chi connectivity index (χ0n) is 23.1. The molecule has 1 unspecified atom stereocenters. The molecule has 0 aliphatic heterocycles. The molecule has 8 nitrogen and oxygen atoms in total. The molecule has 1 atom stereocenters. The lowest BCUT2D eigenvalue weighted by atomic mass is 10.1. The summed E-state index contributed by atoms with van der Waals surface area (Å²) in [6.45, 7) is 11.3. The van der Waals surface area contributed by atoms with E-state index < -0.39 is 19.2 Å². The lowest BCUT2D eigenvalue weighted by molar-refractivity contribution is -0.142. The van der Waals surface area contributed by atoms with Crippen LogP contribution in [0.2, 0.25) is 0 Å². The van der Waals surface area contributed by atoms with Gasteiger partial charge in [-0.1, -0.05) is 24.3 Å². The molecule has 0 fully saturated rings. The molecule has 216 valence electrons. The first-order chi connectivity index (χ1) is 18.5. The van der Waals surface area contributed by atoms with Gasteiger partial charge >= 0.3 is 19.5 Å². The number of benzene rings is 2. The Labute approximate surface area is 259 Å². The molecule has 0 saturated carbocycles. The van der Waals surface area contributed by atoms with Crippen LogP contribution < -0.4 is 0 Å². The third-order valence-electron chi connectivity index (χ3n) is 4.58. The van der Waals surface area contributed by atoms with Crippen molar-refractivity contribution in [2.24, 2.45) is 0 Å². The van der Waals surface area contributed by atoms with Crippen molar-refractivity contribution in [3.8, 4) is 0 Å². The van der Waals surface area contributed by atoms with E-state index in [9.17, 15) is 18.9 Å². The predicted octanol–water partition coefficient (Wildman–Crippen LogP) is 7.57. The molecule has 0 spiro atoms. The minimum Gasteiger partial charge on any atom is -0.465 e. The molecule has 2 aromatic rings. The molecular formula is C28H37I2O8P. The molecule has 39 heavy (non-hydrogen) atoms. The summed E-state index contributed by atoms with van der Waals surface area (Å²) in [5.74, 6) is -0.807. The van der Waals surface area contributed by atoms with E-state index in [1.165, 1.54) is 10.5 Å². The van der Waals surface area contributed by atoms with Crippen LogP contribution in [0.25, 0.3) is 6.08 Å². The molecule has 0 amide bonds. The minimum atomic E-state index is -3.37. The summed E-state index contributed by atoms with van der Waals surface area (Å²) in [5, 5.41) is 0. The molecule has 0 aromatic heterocycles. The van der Waals surface area contributed by atoms with Gasteiger partial charge in [0.15, 0.2) is 5.66 Å². The van der Waals surface area contributed by atoms with Crippen molar-refractivity contribution < 1.29 is 37.5 Å². The van der Waals surface area contributed by atoms with Crippen LogP contribution in [0, 0.1) is 7.14 Å². The fourth-order valence-corrected chi connectivity index (χ4v) is 4.96. The average molecular weight is 786 g/mol. The van der Waals surface area contributed by atoms with E-state index in [0.717, 1.165) is 21.0 Å². The van der Waals surface area contributed by atoms with E-state index in [0.29, 0.717) is 12.2 Å². The molecule has 0 heterocycles. The van der Waals surface area contributed by atoms with Crippen LogP contribution >= 0.6 is 52.8 Å². The first-order valence-electron chi connectivity index (χ1n) is 12.3. The monoisotopic (exact) mass is 786 g/mol. The molecule has 2 rings (SSSR count). The number of halogens is 2. The Morgan fingerprint density at radius 2 is 1.23 bits per heavy atom. The third kappa shape index (κ3) is 15.7. The van der Waals surface area contributed by atoms with Gasteiger partial charge in [-0.2, -0.15) is 0 Å². The number of carbonyl (C=O) groups excluding carboxylic acids is 3. The molecule has 2 aromatic carbocycles. The van der Waals surface area contributed by atoms with Crippen LogP contribution in [0.1, 0.15) is 57.5 Å². The van der Waals surface area contributed by atoms with Gasteiger partial charge in [0.25, 0.3) is 0 Å². The normalized spacial score (nSPS) is 11.6. The Balaban J connectivity index is 0.000000573. The number of hydrogen-bond acceptors (Lipinski definition) is 8. The van der Waals surface area contributed by atoms with Gasteiger partial charge < -0.3 is 18.5 Å². The molecular weight excluding hydrogens is 749 g/mol. The summed E-state index contributed by atoms with van der Waals surface area (Å²) < 4.78 is 34.1. The zero-order valence-corrected chi connectivity index (χ0v) is 28.4. The summed E-state index contributed by atoms with van der Waals surface area (Å²) in [6, 6.07) is 15.4. The Morgan fingerprint density at radius 1 is 0.795 bits per heavy atom. The van der Waals surface area contributed by atoms with Crippen molar-refractivity contribution in [2.45, 2.75) is 47.2 Å². The van der Waals surface area contributed by atoms with Gasteiger partial charge in [-0.25, -0.2) is 4.79 Å². The maximum absolute atomic E-state index is 12.1. The van der Waals surface area contributed by atoms with Crippen LogP contribution in [0.4, 0.5) is 0 Å². The number of hydrogen-bond donors (Lipinski definition) is 0. The fourth-order valence-electron chi connectivity index (χ4n) is 2.67. The van der Waals surface area contributed by atoms with Crippen LogP contribution in [-0.4, -0.2) is 50.3 Å². The third-order valence-corrected chi connectivity index (χ3v) is 8.41. The smallest absolute Gasteiger partial charge is 0.344 e. The second-order valence-electron chi connectivity index (χ2n) is 7.57. The molecule has 0 radical (unpaired) electrons. The fraction of sp³-hybridized carbons (Fsp3) is 0.393. The van der Waals surface area contributed by atoms with Crippen molar-refractivity contribution in [3.05, 3.63) is 72.4 Å². The molecule has 11 heteroatoms. The Kier molecular flexibility index (Phi) is 20.3. The van der Waals surface area contributed by atoms with Gasteiger partial charge in [-0.3, -0.25) is 14.2 Å². The highest BCUT2D eigenvalue weighted by molar-refractivity contribution is 14.1. The van der Waals surface area contributed by atoms with E-state index in [-0.39, 0.29) is 25.8 Å². The Morgan fingerprint density at radius 3 is 1.62 bits per heavy atom. The van der Waals surface area contributed by atoms with E-state index >= 15 is 0 Å². The van der Waals surface area contributed by atoms with Gasteiger partial charge in [-0.15, -0.1) is 0 Å². The van der Waals surface area contributed by atoms with E-state index in [1.807, 2.05) is 42.5 Å². The lowest BCUT2D eigenvalue weighted by Crippen LogP contribution is -2.22. The number of carbonyl (C=O) groups is 3. The summed E-state index contributed by atoms with van der Waals surface area (Å²) in [6.07, 6.45) is 2.67. The molecule has 0 aliphatic rings. The minimum absolute atomic E-state index is 0.237. The Hall–Kier alpha value is -1.60. The van der Waals surface area contributed by atoms with E-state index in [1.54, 1.807) is 46.8 Å². The number of ether oxygens (including phenoxy) is 2. The molecule has 0 saturated heterocycles. The molecule has 0 aliphatic carbocycles. The summed E-state index contributed by atoms with van der Waals surface area (Å²) in [7, 11) is -3.37. The SMILES string of the molecule is CCOC(=O)/C(C)=C/c1ccc(I)cc1.CCOC(=O)C(C)P(=O)(OCC)OCC.O=Cc1ccc(I)cc1. The van der Waals surface area contributed by atoms with E-state index in [2.05, 4.69) is 45.2 Å². The van der Waals surface area contributed by atoms with Crippen LogP contribution in [-0.2, 0) is 32.7 Å². The van der Waals surface area contributed by atoms with E-state index in [4.69, 9.17) is 18.5 Å². The molecule has 0 N–H and O–H groups in total.